The molecule has 7 nitrogen and oxygen atoms in total. The van der Waals surface area contributed by atoms with Crippen LogP contribution in [0.2, 0.25) is 0 Å². The minimum atomic E-state index is -0.594. The van der Waals surface area contributed by atoms with E-state index in [2.05, 4.69) is 0 Å². The van der Waals surface area contributed by atoms with Gasteiger partial charge in [-0.15, -0.1) is 0 Å². The standard InChI is InChI=1S/C21H14N2O5S/c24-18-9-8-16(23(27)28)10-15(18)11-19-20(25)22(21(26)29-19)12-14-6-3-5-13-4-1-2-7-17(13)14/h1-11,24H,12H2/b19-11+. The van der Waals surface area contributed by atoms with E-state index in [4.69, 9.17) is 0 Å². The molecule has 1 N–H and O–H groups in total. The highest BCUT2D eigenvalue weighted by molar-refractivity contribution is 8.18. The van der Waals surface area contributed by atoms with Gasteiger partial charge < -0.3 is 5.11 Å². The van der Waals surface area contributed by atoms with Crippen LogP contribution in [-0.4, -0.2) is 26.1 Å². The Labute approximate surface area is 169 Å². The first-order valence-corrected chi connectivity index (χ1v) is 9.45. The van der Waals surface area contributed by atoms with Crippen LogP contribution in [-0.2, 0) is 11.3 Å². The van der Waals surface area contributed by atoms with Gasteiger partial charge in [-0.05, 0) is 40.2 Å². The average Bonchev–Trinajstić information content (AvgIpc) is 2.97. The second-order valence-corrected chi connectivity index (χ2v) is 7.40. The van der Waals surface area contributed by atoms with Crippen LogP contribution in [0.4, 0.5) is 10.5 Å². The number of rotatable bonds is 4. The molecule has 3 aromatic rings. The molecule has 144 valence electrons. The summed E-state index contributed by atoms with van der Waals surface area (Å²) >= 11 is 0.742. The summed E-state index contributed by atoms with van der Waals surface area (Å²) in [6.07, 6.45) is 1.30. The molecule has 0 radical (unpaired) electrons. The molecule has 1 heterocycles. The summed E-state index contributed by atoms with van der Waals surface area (Å²) in [5.74, 6) is -0.713. The largest absolute Gasteiger partial charge is 0.507 e. The third kappa shape index (κ3) is 3.57. The third-order valence-corrected chi connectivity index (χ3v) is 5.50. The number of nitro benzene ring substituents is 1. The normalized spacial score (nSPS) is 15.4. The molecule has 8 heteroatoms. The van der Waals surface area contributed by atoms with Gasteiger partial charge in [-0.2, -0.15) is 0 Å². The number of aromatic hydroxyl groups is 1. The molecule has 1 fully saturated rings. The van der Waals surface area contributed by atoms with E-state index in [1.54, 1.807) is 0 Å². The van der Waals surface area contributed by atoms with Crippen molar-refractivity contribution < 1.29 is 19.6 Å². The van der Waals surface area contributed by atoms with Crippen molar-refractivity contribution in [1.82, 2.24) is 4.90 Å². The number of thioether (sulfide) groups is 1. The summed E-state index contributed by atoms with van der Waals surface area (Å²) in [7, 11) is 0. The van der Waals surface area contributed by atoms with Crippen molar-refractivity contribution in [3.63, 3.8) is 0 Å². The number of phenols is 1. The first-order chi connectivity index (χ1) is 13.9. The van der Waals surface area contributed by atoms with Gasteiger partial charge in [0, 0.05) is 17.7 Å². The number of fused-ring (bicyclic) bond motifs is 1. The number of carbonyl (C=O) groups is 2. The van der Waals surface area contributed by atoms with Crippen LogP contribution in [0, 0.1) is 10.1 Å². The predicted octanol–water partition coefficient (Wildman–Crippen LogP) is 4.69. The van der Waals surface area contributed by atoms with Gasteiger partial charge in [0.1, 0.15) is 5.75 Å². The Balaban J connectivity index is 1.65. The summed E-state index contributed by atoms with van der Waals surface area (Å²) in [6.45, 7) is 0.115. The third-order valence-electron chi connectivity index (χ3n) is 4.59. The Morgan fingerprint density at radius 1 is 1.07 bits per heavy atom. The van der Waals surface area contributed by atoms with Crippen LogP contribution in [0.5, 0.6) is 5.75 Å². The fourth-order valence-electron chi connectivity index (χ4n) is 3.15. The van der Waals surface area contributed by atoms with Gasteiger partial charge >= 0.3 is 0 Å². The number of phenolic OH excluding ortho intramolecular Hbond substituents is 1. The minimum Gasteiger partial charge on any atom is -0.507 e. The molecule has 1 aliphatic heterocycles. The van der Waals surface area contributed by atoms with E-state index in [1.807, 2.05) is 42.5 Å². The molecule has 2 amide bonds. The maximum atomic E-state index is 12.8. The number of non-ortho nitro benzene ring substituents is 1. The van der Waals surface area contributed by atoms with Crippen molar-refractivity contribution >= 4 is 45.4 Å². The summed E-state index contributed by atoms with van der Waals surface area (Å²) in [6, 6.07) is 16.9. The minimum absolute atomic E-state index is 0.103. The van der Waals surface area contributed by atoms with Crippen molar-refractivity contribution in [3.05, 3.63) is 86.8 Å². The van der Waals surface area contributed by atoms with Gasteiger partial charge in [-0.25, -0.2) is 0 Å². The van der Waals surface area contributed by atoms with Crippen LogP contribution in [0.25, 0.3) is 16.8 Å². The SMILES string of the molecule is O=C1S/C(=C/c2cc([N+](=O)[O-])ccc2O)C(=O)N1Cc1cccc2ccccc12. The molecule has 0 unspecified atom stereocenters. The van der Waals surface area contributed by atoms with E-state index in [0.29, 0.717) is 0 Å². The second kappa shape index (κ2) is 7.40. The van der Waals surface area contributed by atoms with Crippen molar-refractivity contribution in [2.75, 3.05) is 0 Å². The van der Waals surface area contributed by atoms with Crippen LogP contribution in [0.15, 0.2) is 65.6 Å². The van der Waals surface area contributed by atoms with E-state index in [0.717, 1.165) is 39.1 Å². The van der Waals surface area contributed by atoms with E-state index >= 15 is 0 Å². The van der Waals surface area contributed by atoms with Crippen LogP contribution >= 0.6 is 11.8 Å². The summed E-state index contributed by atoms with van der Waals surface area (Å²) < 4.78 is 0. The maximum absolute atomic E-state index is 12.8. The van der Waals surface area contributed by atoms with Gasteiger partial charge in [-0.3, -0.25) is 24.6 Å². The number of benzene rings is 3. The highest BCUT2D eigenvalue weighted by Crippen LogP contribution is 2.36. The Morgan fingerprint density at radius 2 is 1.83 bits per heavy atom. The molecule has 1 saturated heterocycles. The van der Waals surface area contributed by atoms with Crippen molar-refractivity contribution in [2.45, 2.75) is 6.54 Å². The Kier molecular flexibility index (Phi) is 4.77. The van der Waals surface area contributed by atoms with E-state index in [1.165, 1.54) is 18.2 Å². The highest BCUT2D eigenvalue weighted by Gasteiger charge is 2.35. The fraction of sp³-hybridized carbons (Fsp3) is 0.0476. The zero-order valence-corrected chi connectivity index (χ0v) is 15.8. The average molecular weight is 406 g/mol. The van der Waals surface area contributed by atoms with Crippen molar-refractivity contribution in [3.8, 4) is 5.75 Å². The Bertz CT molecular complexity index is 1200. The molecule has 0 aliphatic carbocycles. The maximum Gasteiger partial charge on any atom is 0.293 e. The van der Waals surface area contributed by atoms with Gasteiger partial charge in [0.2, 0.25) is 0 Å². The molecule has 0 bridgehead atoms. The number of hydrogen-bond donors (Lipinski definition) is 1. The summed E-state index contributed by atoms with van der Waals surface area (Å²) in [5.41, 5.74) is 0.726. The number of nitro groups is 1. The molecule has 0 spiro atoms. The molecule has 0 aromatic heterocycles. The number of hydrogen-bond acceptors (Lipinski definition) is 6. The fourth-order valence-corrected chi connectivity index (χ4v) is 3.98. The number of nitrogens with zero attached hydrogens (tertiary/aromatic N) is 2. The lowest BCUT2D eigenvalue weighted by Crippen LogP contribution is -2.27. The number of imide groups is 1. The van der Waals surface area contributed by atoms with Gasteiger partial charge in [0.15, 0.2) is 0 Å². The number of carbonyl (C=O) groups excluding carboxylic acids is 2. The Hall–Kier alpha value is -3.65. The predicted molar refractivity (Wildman–Crippen MR) is 110 cm³/mol. The molecule has 29 heavy (non-hydrogen) atoms. The highest BCUT2D eigenvalue weighted by atomic mass is 32.2. The molecule has 0 saturated carbocycles. The lowest BCUT2D eigenvalue weighted by atomic mass is 10.0. The molecule has 3 aromatic carbocycles. The van der Waals surface area contributed by atoms with Crippen LogP contribution < -0.4 is 0 Å². The molecule has 4 rings (SSSR count). The van der Waals surface area contributed by atoms with Gasteiger partial charge in [-0.1, -0.05) is 42.5 Å². The van der Waals surface area contributed by atoms with Crippen molar-refractivity contribution in [1.29, 1.82) is 0 Å². The lowest BCUT2D eigenvalue weighted by molar-refractivity contribution is -0.384. The van der Waals surface area contributed by atoms with Gasteiger partial charge in [0.05, 0.1) is 16.4 Å². The quantitative estimate of drug-likeness (QED) is 0.383. The van der Waals surface area contributed by atoms with Gasteiger partial charge in [0.25, 0.3) is 16.8 Å². The van der Waals surface area contributed by atoms with Crippen molar-refractivity contribution in [2.24, 2.45) is 0 Å². The van der Waals surface area contributed by atoms with Crippen LogP contribution in [0.1, 0.15) is 11.1 Å². The number of amides is 2. The second-order valence-electron chi connectivity index (χ2n) is 6.41. The zero-order chi connectivity index (χ0) is 20.5. The molecular weight excluding hydrogens is 392 g/mol. The van der Waals surface area contributed by atoms with Crippen LogP contribution in [0.3, 0.4) is 0 Å². The topological polar surface area (TPSA) is 101 Å². The Morgan fingerprint density at radius 3 is 2.62 bits per heavy atom. The lowest BCUT2D eigenvalue weighted by Gasteiger charge is -2.14. The smallest absolute Gasteiger partial charge is 0.293 e. The molecular formula is C21H14N2O5S. The summed E-state index contributed by atoms with van der Waals surface area (Å²) in [5, 5.41) is 22.4. The monoisotopic (exact) mass is 406 g/mol. The first kappa shape index (κ1) is 18.7. The van der Waals surface area contributed by atoms with E-state index in [-0.39, 0.29) is 28.5 Å². The molecule has 0 atom stereocenters. The molecule has 1 aliphatic rings. The van der Waals surface area contributed by atoms with E-state index in [9.17, 15) is 24.8 Å². The first-order valence-electron chi connectivity index (χ1n) is 8.63. The van der Waals surface area contributed by atoms with E-state index < -0.39 is 16.1 Å². The zero-order valence-electron chi connectivity index (χ0n) is 14.9. The summed E-state index contributed by atoms with van der Waals surface area (Å²) in [4.78, 5) is 36.8.